The van der Waals surface area contributed by atoms with Crippen molar-refractivity contribution in [3.63, 3.8) is 0 Å². The van der Waals surface area contributed by atoms with Crippen molar-refractivity contribution in [3.05, 3.63) is 81.7 Å². The average molecular weight is 470 g/mol. The molecule has 35 heavy (non-hydrogen) atoms. The SMILES string of the molecule is CCCc1cc(C)[nH]c(=O)c1CNC(=O)c1cc(-c2cccnc2)cc2c1cnn2C1CCCC1. The zero-order chi connectivity index (χ0) is 24.4. The van der Waals surface area contributed by atoms with Crippen molar-refractivity contribution in [2.45, 2.75) is 65.0 Å². The molecule has 0 spiro atoms. The standard InChI is InChI=1S/C28H31N5O2/c1-3-7-19-12-18(2)32-28(35)24(19)16-30-27(34)23-13-21(20-8-6-11-29-15-20)14-26-25(23)17-31-33(26)22-9-4-5-10-22/h6,8,11-15,17,22H,3-5,7,9-10,16H2,1-2H3,(H,30,34)(H,32,35). The summed E-state index contributed by atoms with van der Waals surface area (Å²) in [6.07, 6.45) is 11.7. The van der Waals surface area contributed by atoms with Crippen LogP contribution < -0.4 is 10.9 Å². The highest BCUT2D eigenvalue weighted by Gasteiger charge is 2.23. The van der Waals surface area contributed by atoms with E-state index < -0.39 is 0 Å². The lowest BCUT2D eigenvalue weighted by Gasteiger charge is -2.14. The van der Waals surface area contributed by atoms with Crippen molar-refractivity contribution in [1.29, 1.82) is 0 Å². The number of nitrogens with one attached hydrogen (secondary N) is 2. The lowest BCUT2D eigenvalue weighted by atomic mass is 10.00. The van der Waals surface area contributed by atoms with Crippen molar-refractivity contribution in [2.24, 2.45) is 0 Å². The molecule has 180 valence electrons. The number of pyridine rings is 2. The minimum atomic E-state index is -0.214. The predicted octanol–water partition coefficient (Wildman–Crippen LogP) is 5.09. The molecule has 4 aromatic rings. The van der Waals surface area contributed by atoms with Crippen LogP contribution in [0.1, 0.15) is 72.2 Å². The first-order chi connectivity index (χ1) is 17.0. The summed E-state index contributed by atoms with van der Waals surface area (Å²) in [5.74, 6) is -0.214. The normalized spacial score (nSPS) is 14.0. The third-order valence-corrected chi connectivity index (χ3v) is 6.93. The maximum atomic E-state index is 13.5. The van der Waals surface area contributed by atoms with Gasteiger partial charge in [-0.25, -0.2) is 0 Å². The van der Waals surface area contributed by atoms with Crippen LogP contribution in [-0.4, -0.2) is 25.7 Å². The summed E-state index contributed by atoms with van der Waals surface area (Å²) in [7, 11) is 0. The highest BCUT2D eigenvalue weighted by molar-refractivity contribution is 6.08. The quantitative estimate of drug-likeness (QED) is 0.394. The molecule has 3 heterocycles. The maximum Gasteiger partial charge on any atom is 0.253 e. The molecule has 0 saturated heterocycles. The van der Waals surface area contributed by atoms with E-state index in [0.29, 0.717) is 17.2 Å². The molecule has 3 aromatic heterocycles. The number of nitrogens with zero attached hydrogens (tertiary/aromatic N) is 3. The number of aromatic nitrogens is 4. The van der Waals surface area contributed by atoms with E-state index in [0.717, 1.165) is 59.0 Å². The van der Waals surface area contributed by atoms with Gasteiger partial charge in [0, 0.05) is 41.1 Å². The molecule has 0 atom stereocenters. The van der Waals surface area contributed by atoms with Gasteiger partial charge < -0.3 is 10.3 Å². The summed E-state index contributed by atoms with van der Waals surface area (Å²) in [5.41, 5.74) is 5.69. The van der Waals surface area contributed by atoms with E-state index in [1.165, 1.54) is 12.8 Å². The first-order valence-electron chi connectivity index (χ1n) is 12.5. The fourth-order valence-corrected chi connectivity index (χ4v) is 5.21. The topological polar surface area (TPSA) is 92.7 Å². The Hall–Kier alpha value is -3.74. The summed E-state index contributed by atoms with van der Waals surface area (Å²) in [6.45, 7) is 4.15. The zero-order valence-electron chi connectivity index (χ0n) is 20.3. The second-order valence-electron chi connectivity index (χ2n) is 9.44. The molecule has 7 nitrogen and oxygen atoms in total. The average Bonchev–Trinajstić information content (AvgIpc) is 3.53. The largest absolute Gasteiger partial charge is 0.348 e. The van der Waals surface area contributed by atoms with Gasteiger partial charge in [0.1, 0.15) is 0 Å². The molecule has 0 radical (unpaired) electrons. The van der Waals surface area contributed by atoms with Crippen LogP contribution in [0, 0.1) is 6.92 Å². The summed E-state index contributed by atoms with van der Waals surface area (Å²) in [4.78, 5) is 33.3. The number of aromatic amines is 1. The van der Waals surface area contributed by atoms with Gasteiger partial charge in [-0.2, -0.15) is 5.10 Å². The molecule has 0 aliphatic heterocycles. The van der Waals surface area contributed by atoms with Crippen LogP contribution in [-0.2, 0) is 13.0 Å². The van der Waals surface area contributed by atoms with E-state index in [4.69, 9.17) is 5.10 Å². The monoisotopic (exact) mass is 469 g/mol. The van der Waals surface area contributed by atoms with Crippen molar-refractivity contribution in [2.75, 3.05) is 0 Å². The van der Waals surface area contributed by atoms with Crippen molar-refractivity contribution >= 4 is 16.8 Å². The van der Waals surface area contributed by atoms with Crippen molar-refractivity contribution in [3.8, 4) is 11.1 Å². The first-order valence-corrected chi connectivity index (χ1v) is 12.5. The lowest BCUT2D eigenvalue weighted by Crippen LogP contribution is -2.28. The van der Waals surface area contributed by atoms with Gasteiger partial charge in [-0.05, 0) is 61.6 Å². The van der Waals surface area contributed by atoms with E-state index in [1.807, 2.05) is 37.4 Å². The molecular weight excluding hydrogens is 438 g/mol. The number of carbonyl (C=O) groups is 1. The maximum absolute atomic E-state index is 13.5. The van der Waals surface area contributed by atoms with E-state index in [-0.39, 0.29) is 18.0 Å². The van der Waals surface area contributed by atoms with Crippen LogP contribution in [0.4, 0.5) is 0 Å². The van der Waals surface area contributed by atoms with Gasteiger partial charge in [0.2, 0.25) is 0 Å². The molecule has 0 bridgehead atoms. The second-order valence-corrected chi connectivity index (χ2v) is 9.44. The molecule has 5 rings (SSSR count). The van der Waals surface area contributed by atoms with Crippen molar-refractivity contribution in [1.82, 2.24) is 25.1 Å². The number of benzene rings is 1. The van der Waals surface area contributed by atoms with Gasteiger partial charge in [0.05, 0.1) is 23.3 Å². The van der Waals surface area contributed by atoms with Crippen LogP contribution >= 0.6 is 0 Å². The number of amides is 1. The molecule has 1 aromatic carbocycles. The Balaban J connectivity index is 1.53. The molecule has 0 unspecified atom stereocenters. The highest BCUT2D eigenvalue weighted by atomic mass is 16.1. The first kappa shape index (κ1) is 23.0. The third-order valence-electron chi connectivity index (χ3n) is 6.93. The Labute approximate surface area is 204 Å². The van der Waals surface area contributed by atoms with Crippen LogP contribution in [0.15, 0.2) is 53.7 Å². The Kier molecular flexibility index (Phi) is 6.49. The molecule has 2 N–H and O–H groups in total. The minimum absolute atomic E-state index is 0.142. The lowest BCUT2D eigenvalue weighted by molar-refractivity contribution is 0.0952. The molecule has 1 fully saturated rings. The van der Waals surface area contributed by atoms with E-state index in [9.17, 15) is 9.59 Å². The Morgan fingerprint density at radius 3 is 2.74 bits per heavy atom. The molecule has 1 aliphatic carbocycles. The number of fused-ring (bicyclic) bond motifs is 1. The van der Waals surface area contributed by atoms with Gasteiger partial charge in [-0.3, -0.25) is 19.3 Å². The van der Waals surface area contributed by atoms with E-state index in [2.05, 4.69) is 33.0 Å². The second kappa shape index (κ2) is 9.86. The number of hydrogen-bond donors (Lipinski definition) is 2. The van der Waals surface area contributed by atoms with Gasteiger partial charge in [0.15, 0.2) is 0 Å². The number of aryl methyl sites for hydroxylation is 2. The van der Waals surface area contributed by atoms with Gasteiger partial charge in [-0.1, -0.05) is 32.3 Å². The summed E-state index contributed by atoms with van der Waals surface area (Å²) in [6, 6.07) is 10.3. The third kappa shape index (κ3) is 4.63. The molecule has 1 amide bonds. The number of hydrogen-bond acceptors (Lipinski definition) is 4. The minimum Gasteiger partial charge on any atom is -0.348 e. The van der Waals surface area contributed by atoms with Gasteiger partial charge >= 0.3 is 0 Å². The van der Waals surface area contributed by atoms with E-state index >= 15 is 0 Å². The van der Waals surface area contributed by atoms with Crippen LogP contribution in [0.25, 0.3) is 22.0 Å². The zero-order valence-corrected chi connectivity index (χ0v) is 20.3. The summed E-state index contributed by atoms with van der Waals surface area (Å²) >= 11 is 0. The summed E-state index contributed by atoms with van der Waals surface area (Å²) < 4.78 is 2.09. The number of carbonyl (C=O) groups excluding carboxylic acids is 1. The molecule has 7 heteroatoms. The summed E-state index contributed by atoms with van der Waals surface area (Å²) in [5, 5.41) is 8.54. The molecular formula is C28H31N5O2. The van der Waals surface area contributed by atoms with Gasteiger partial charge in [-0.15, -0.1) is 0 Å². The fourth-order valence-electron chi connectivity index (χ4n) is 5.21. The Morgan fingerprint density at radius 2 is 2.00 bits per heavy atom. The Bertz CT molecular complexity index is 1410. The van der Waals surface area contributed by atoms with Crippen LogP contribution in [0.2, 0.25) is 0 Å². The predicted molar refractivity (Wildman–Crippen MR) is 137 cm³/mol. The van der Waals surface area contributed by atoms with Crippen LogP contribution in [0.3, 0.4) is 0 Å². The number of H-pyrrole nitrogens is 1. The fraction of sp³-hybridized carbons (Fsp3) is 0.357. The van der Waals surface area contributed by atoms with Gasteiger partial charge in [0.25, 0.3) is 11.5 Å². The van der Waals surface area contributed by atoms with Crippen molar-refractivity contribution < 1.29 is 4.79 Å². The smallest absolute Gasteiger partial charge is 0.253 e. The molecule has 1 saturated carbocycles. The van der Waals surface area contributed by atoms with Crippen LogP contribution in [0.5, 0.6) is 0 Å². The highest BCUT2D eigenvalue weighted by Crippen LogP contribution is 2.34. The molecule has 1 aliphatic rings. The number of rotatable bonds is 7. The van der Waals surface area contributed by atoms with E-state index in [1.54, 1.807) is 12.4 Å². The Morgan fingerprint density at radius 1 is 1.17 bits per heavy atom.